The zero-order valence-electron chi connectivity index (χ0n) is 11.8. The van der Waals surface area contributed by atoms with Gasteiger partial charge in [-0.25, -0.2) is 0 Å². The van der Waals surface area contributed by atoms with E-state index in [-0.39, 0.29) is 11.5 Å². The van der Waals surface area contributed by atoms with E-state index >= 15 is 0 Å². The van der Waals surface area contributed by atoms with E-state index in [1.54, 1.807) is 0 Å². The third-order valence-corrected chi connectivity index (χ3v) is 4.95. The van der Waals surface area contributed by atoms with Crippen molar-refractivity contribution in [1.29, 1.82) is 0 Å². The molecule has 18 heavy (non-hydrogen) atoms. The van der Waals surface area contributed by atoms with Crippen LogP contribution in [0.25, 0.3) is 0 Å². The normalized spacial score (nSPS) is 32.1. The fourth-order valence-corrected chi connectivity index (χ4v) is 3.53. The van der Waals surface area contributed by atoms with Crippen molar-refractivity contribution in [3.63, 3.8) is 0 Å². The molecule has 0 heterocycles. The topological polar surface area (TPSA) is 26.0 Å². The van der Waals surface area contributed by atoms with Gasteiger partial charge < -0.3 is 5.73 Å². The Hall–Kier alpha value is -0.820. The summed E-state index contributed by atoms with van der Waals surface area (Å²) in [6.07, 6.45) is 4.21. The first-order valence-corrected chi connectivity index (χ1v) is 7.31. The fourth-order valence-electron chi connectivity index (χ4n) is 3.53. The molecule has 1 aromatic rings. The second kappa shape index (κ2) is 4.09. The second-order valence-electron chi connectivity index (χ2n) is 7.39. The van der Waals surface area contributed by atoms with Gasteiger partial charge in [-0.05, 0) is 53.6 Å². The zero-order valence-corrected chi connectivity index (χ0v) is 11.8. The summed E-state index contributed by atoms with van der Waals surface area (Å²) in [5, 5.41) is 0. The standard InChI is InChI=1S/C17H25N/c1-17(2,3)15-6-4-11(5-7-15)16(18)14-9-12-8-13(12)10-14/h4-7,12-14,16H,8-10,18H2,1-3H3. The minimum atomic E-state index is 0.234. The van der Waals surface area contributed by atoms with E-state index in [0.717, 1.165) is 17.8 Å². The summed E-state index contributed by atoms with van der Waals surface area (Å²) in [4.78, 5) is 0. The molecule has 1 heteroatoms. The van der Waals surface area contributed by atoms with Crippen LogP contribution in [0.3, 0.4) is 0 Å². The summed E-state index contributed by atoms with van der Waals surface area (Å²) >= 11 is 0. The summed E-state index contributed by atoms with van der Waals surface area (Å²) in [5.41, 5.74) is 9.40. The van der Waals surface area contributed by atoms with Crippen LogP contribution in [-0.4, -0.2) is 0 Å². The van der Waals surface area contributed by atoms with Crippen LogP contribution < -0.4 is 5.73 Å². The number of hydrogen-bond donors (Lipinski definition) is 1. The predicted octanol–water partition coefficient (Wildman–Crippen LogP) is 4.03. The minimum Gasteiger partial charge on any atom is -0.324 e. The van der Waals surface area contributed by atoms with Gasteiger partial charge in [0.2, 0.25) is 0 Å². The largest absolute Gasteiger partial charge is 0.324 e. The Bertz CT molecular complexity index is 416. The molecule has 0 spiro atoms. The van der Waals surface area contributed by atoms with Crippen molar-refractivity contribution < 1.29 is 0 Å². The molecule has 2 N–H and O–H groups in total. The molecule has 2 aliphatic carbocycles. The van der Waals surface area contributed by atoms with Crippen LogP contribution in [0.1, 0.15) is 57.2 Å². The highest BCUT2D eigenvalue weighted by Crippen LogP contribution is 2.56. The quantitative estimate of drug-likeness (QED) is 0.834. The van der Waals surface area contributed by atoms with Crippen molar-refractivity contribution in [3.8, 4) is 0 Å². The molecule has 2 aliphatic rings. The van der Waals surface area contributed by atoms with Gasteiger partial charge in [-0.3, -0.25) is 0 Å². The Morgan fingerprint density at radius 1 is 1.00 bits per heavy atom. The summed E-state index contributed by atoms with van der Waals surface area (Å²) in [5.74, 6) is 2.78. The maximum Gasteiger partial charge on any atom is 0.0323 e. The SMILES string of the molecule is CC(C)(C)c1ccc(C(N)C2CC3CC3C2)cc1. The molecule has 0 bridgehead atoms. The van der Waals surface area contributed by atoms with E-state index in [9.17, 15) is 0 Å². The highest BCUT2D eigenvalue weighted by Gasteiger charge is 2.47. The van der Waals surface area contributed by atoms with Gasteiger partial charge in [0.05, 0.1) is 0 Å². The third kappa shape index (κ3) is 2.21. The molecule has 0 aliphatic heterocycles. The summed E-state index contributed by atoms with van der Waals surface area (Å²) in [7, 11) is 0. The number of rotatable bonds is 2. The van der Waals surface area contributed by atoms with Crippen molar-refractivity contribution in [2.24, 2.45) is 23.5 Å². The average Bonchev–Trinajstić information content (AvgIpc) is 2.94. The van der Waals surface area contributed by atoms with Crippen molar-refractivity contribution in [1.82, 2.24) is 0 Å². The van der Waals surface area contributed by atoms with Gasteiger partial charge >= 0.3 is 0 Å². The van der Waals surface area contributed by atoms with E-state index < -0.39 is 0 Å². The van der Waals surface area contributed by atoms with Crippen molar-refractivity contribution >= 4 is 0 Å². The zero-order chi connectivity index (χ0) is 12.9. The van der Waals surface area contributed by atoms with Gasteiger partial charge in [0.1, 0.15) is 0 Å². The molecule has 0 aromatic heterocycles. The molecule has 1 nitrogen and oxygen atoms in total. The van der Waals surface area contributed by atoms with Crippen molar-refractivity contribution in [3.05, 3.63) is 35.4 Å². The number of fused-ring (bicyclic) bond motifs is 1. The molecule has 3 rings (SSSR count). The molecule has 3 atom stereocenters. The Labute approximate surface area is 111 Å². The number of hydrogen-bond acceptors (Lipinski definition) is 1. The van der Waals surface area contributed by atoms with Crippen molar-refractivity contribution in [2.45, 2.75) is 51.5 Å². The lowest BCUT2D eigenvalue weighted by molar-refractivity contribution is 0.404. The van der Waals surface area contributed by atoms with Crippen LogP contribution in [-0.2, 0) is 5.41 Å². The number of nitrogens with two attached hydrogens (primary N) is 1. The van der Waals surface area contributed by atoms with E-state index in [1.807, 2.05) is 0 Å². The Kier molecular flexibility index (Phi) is 2.78. The molecule has 0 radical (unpaired) electrons. The van der Waals surface area contributed by atoms with Gasteiger partial charge in [-0.15, -0.1) is 0 Å². The van der Waals surface area contributed by atoms with Crippen LogP contribution in [0.15, 0.2) is 24.3 Å². The molecular formula is C17H25N. The third-order valence-electron chi connectivity index (χ3n) is 4.95. The average molecular weight is 243 g/mol. The van der Waals surface area contributed by atoms with Crippen LogP contribution in [0.5, 0.6) is 0 Å². The fraction of sp³-hybridized carbons (Fsp3) is 0.647. The van der Waals surface area contributed by atoms with Crippen molar-refractivity contribution in [2.75, 3.05) is 0 Å². The molecule has 98 valence electrons. The molecule has 1 aromatic carbocycles. The monoisotopic (exact) mass is 243 g/mol. The van der Waals surface area contributed by atoms with Crippen LogP contribution >= 0.6 is 0 Å². The lowest BCUT2D eigenvalue weighted by Crippen LogP contribution is -2.20. The molecule has 2 fully saturated rings. The lowest BCUT2D eigenvalue weighted by Gasteiger charge is -2.23. The maximum absolute atomic E-state index is 6.44. The first-order chi connectivity index (χ1) is 8.45. The van der Waals surface area contributed by atoms with Gasteiger partial charge in [-0.2, -0.15) is 0 Å². The van der Waals surface area contributed by atoms with E-state index in [2.05, 4.69) is 45.0 Å². The van der Waals surface area contributed by atoms with E-state index in [1.165, 1.54) is 30.4 Å². The number of benzene rings is 1. The first kappa shape index (κ1) is 12.2. The highest BCUT2D eigenvalue weighted by molar-refractivity contribution is 5.29. The Morgan fingerprint density at radius 3 is 2.06 bits per heavy atom. The maximum atomic E-state index is 6.44. The molecule has 2 saturated carbocycles. The first-order valence-electron chi connectivity index (χ1n) is 7.31. The Balaban J connectivity index is 1.72. The summed E-state index contributed by atoms with van der Waals surface area (Å²) in [6, 6.07) is 9.26. The molecule has 3 unspecified atom stereocenters. The van der Waals surface area contributed by atoms with E-state index in [0.29, 0.717) is 0 Å². The summed E-state index contributed by atoms with van der Waals surface area (Å²) in [6.45, 7) is 6.77. The summed E-state index contributed by atoms with van der Waals surface area (Å²) < 4.78 is 0. The Morgan fingerprint density at radius 2 is 1.56 bits per heavy atom. The van der Waals surface area contributed by atoms with Gasteiger partial charge in [0.15, 0.2) is 0 Å². The highest BCUT2D eigenvalue weighted by atomic mass is 14.7. The minimum absolute atomic E-state index is 0.234. The smallest absolute Gasteiger partial charge is 0.0323 e. The van der Waals surface area contributed by atoms with Gasteiger partial charge in [0.25, 0.3) is 0 Å². The van der Waals surface area contributed by atoms with Crippen LogP contribution in [0, 0.1) is 17.8 Å². The molecule has 0 saturated heterocycles. The van der Waals surface area contributed by atoms with Gasteiger partial charge in [0, 0.05) is 6.04 Å². The van der Waals surface area contributed by atoms with Crippen LogP contribution in [0.2, 0.25) is 0 Å². The second-order valence-corrected chi connectivity index (χ2v) is 7.39. The predicted molar refractivity (Wildman–Crippen MR) is 76.4 cm³/mol. The molecular weight excluding hydrogens is 218 g/mol. The van der Waals surface area contributed by atoms with E-state index in [4.69, 9.17) is 5.73 Å². The van der Waals surface area contributed by atoms with Crippen LogP contribution in [0.4, 0.5) is 0 Å². The molecule has 0 amide bonds. The van der Waals surface area contributed by atoms with Gasteiger partial charge in [-0.1, -0.05) is 45.0 Å². The lowest BCUT2D eigenvalue weighted by atomic mass is 9.84.